The van der Waals surface area contributed by atoms with Crippen LogP contribution >= 0.6 is 0 Å². The van der Waals surface area contributed by atoms with Crippen LogP contribution < -0.4 is 10.1 Å². The molecule has 0 saturated carbocycles. The van der Waals surface area contributed by atoms with Crippen LogP contribution in [0.25, 0.3) is 0 Å². The van der Waals surface area contributed by atoms with Crippen molar-refractivity contribution in [1.82, 2.24) is 0 Å². The van der Waals surface area contributed by atoms with Gasteiger partial charge in [-0.1, -0.05) is 18.2 Å². The molecule has 1 amide bonds. The van der Waals surface area contributed by atoms with Gasteiger partial charge < -0.3 is 10.1 Å². The fourth-order valence-corrected chi connectivity index (χ4v) is 1.65. The van der Waals surface area contributed by atoms with Crippen LogP contribution in [0.1, 0.15) is 10.4 Å². The summed E-state index contributed by atoms with van der Waals surface area (Å²) in [5, 5.41) is 1.99. The Labute approximate surface area is 117 Å². The highest BCUT2D eigenvalue weighted by atomic mass is 19.3. The molecule has 0 bridgehead atoms. The molecule has 0 unspecified atom stereocenters. The topological polar surface area (TPSA) is 38.3 Å². The number of para-hydroxylation sites is 2. The summed E-state index contributed by atoms with van der Waals surface area (Å²) < 4.78 is 55.5. The zero-order valence-electron chi connectivity index (χ0n) is 10.4. The van der Waals surface area contributed by atoms with E-state index in [0.29, 0.717) is 0 Å². The second kappa shape index (κ2) is 6.25. The van der Waals surface area contributed by atoms with Crippen LogP contribution in [-0.4, -0.2) is 12.5 Å². The molecule has 0 spiro atoms. The van der Waals surface area contributed by atoms with Crippen LogP contribution in [0.3, 0.4) is 0 Å². The van der Waals surface area contributed by atoms with Crippen molar-refractivity contribution < 1.29 is 27.1 Å². The Hall–Kier alpha value is -2.57. The van der Waals surface area contributed by atoms with E-state index in [1.807, 2.05) is 5.32 Å². The van der Waals surface area contributed by atoms with E-state index in [2.05, 4.69) is 4.74 Å². The summed E-state index contributed by atoms with van der Waals surface area (Å²) in [6.45, 7) is -3.12. The standard InChI is InChI=1S/C14H9F4NO2/c15-9-5-3-6-10(16)12(9)19-13(20)8-4-1-2-7-11(8)21-14(17)18/h1-7,14H,(H,19,20). The predicted octanol–water partition coefficient (Wildman–Crippen LogP) is 3.82. The third kappa shape index (κ3) is 3.50. The zero-order chi connectivity index (χ0) is 15.4. The number of anilines is 1. The molecule has 0 heterocycles. The van der Waals surface area contributed by atoms with E-state index in [-0.39, 0.29) is 11.3 Å². The third-order valence-corrected chi connectivity index (χ3v) is 2.55. The Morgan fingerprint density at radius 3 is 2.24 bits per heavy atom. The number of rotatable bonds is 4. The number of carbonyl (C=O) groups is 1. The summed E-state index contributed by atoms with van der Waals surface area (Å²) in [5.74, 6) is -3.30. The minimum atomic E-state index is -3.12. The Kier molecular flexibility index (Phi) is 4.42. The van der Waals surface area contributed by atoms with Crippen LogP contribution in [0.15, 0.2) is 42.5 Å². The first-order valence-corrected chi connectivity index (χ1v) is 5.78. The normalized spacial score (nSPS) is 10.5. The van der Waals surface area contributed by atoms with Crippen molar-refractivity contribution >= 4 is 11.6 Å². The highest BCUT2D eigenvalue weighted by molar-refractivity contribution is 6.06. The van der Waals surface area contributed by atoms with Gasteiger partial charge in [0, 0.05) is 0 Å². The summed E-state index contributed by atoms with van der Waals surface area (Å²) >= 11 is 0. The summed E-state index contributed by atoms with van der Waals surface area (Å²) in [5.41, 5.74) is -0.921. The zero-order valence-corrected chi connectivity index (χ0v) is 10.4. The molecule has 2 rings (SSSR count). The van der Waals surface area contributed by atoms with Crippen LogP contribution in [0, 0.1) is 11.6 Å². The van der Waals surface area contributed by atoms with Crippen molar-refractivity contribution in [3.8, 4) is 5.75 Å². The molecule has 0 aliphatic rings. The molecule has 2 aromatic rings. The number of benzene rings is 2. The smallest absolute Gasteiger partial charge is 0.387 e. The molecule has 0 atom stereocenters. The van der Waals surface area contributed by atoms with Crippen LogP contribution in [0.2, 0.25) is 0 Å². The van der Waals surface area contributed by atoms with Crippen molar-refractivity contribution in [2.75, 3.05) is 5.32 Å². The van der Waals surface area contributed by atoms with Crippen LogP contribution in [0.5, 0.6) is 5.75 Å². The van der Waals surface area contributed by atoms with Crippen LogP contribution in [0.4, 0.5) is 23.2 Å². The van der Waals surface area contributed by atoms with E-state index in [9.17, 15) is 22.4 Å². The first-order valence-electron chi connectivity index (χ1n) is 5.78. The van der Waals surface area contributed by atoms with Crippen molar-refractivity contribution in [2.45, 2.75) is 6.61 Å². The number of nitrogens with one attached hydrogen (secondary N) is 1. The molecule has 0 saturated heterocycles. The van der Waals surface area contributed by atoms with E-state index in [0.717, 1.165) is 24.3 Å². The van der Waals surface area contributed by atoms with E-state index in [1.165, 1.54) is 18.2 Å². The first kappa shape index (κ1) is 14.8. The Balaban J connectivity index is 2.29. The molecule has 7 heteroatoms. The largest absolute Gasteiger partial charge is 0.434 e. The average molecular weight is 299 g/mol. The highest BCUT2D eigenvalue weighted by Crippen LogP contribution is 2.23. The van der Waals surface area contributed by atoms with Gasteiger partial charge in [-0.2, -0.15) is 8.78 Å². The molecular formula is C14H9F4NO2. The molecule has 3 nitrogen and oxygen atoms in total. The minimum Gasteiger partial charge on any atom is -0.434 e. The van der Waals surface area contributed by atoms with Gasteiger partial charge in [-0.15, -0.1) is 0 Å². The van der Waals surface area contributed by atoms with Crippen molar-refractivity contribution in [3.05, 3.63) is 59.7 Å². The molecule has 0 fully saturated rings. The quantitative estimate of drug-likeness (QED) is 0.872. The van der Waals surface area contributed by atoms with Crippen molar-refractivity contribution in [2.24, 2.45) is 0 Å². The summed E-state index contributed by atoms with van der Waals surface area (Å²) in [6.07, 6.45) is 0. The van der Waals surface area contributed by atoms with Crippen molar-refractivity contribution in [1.29, 1.82) is 0 Å². The second-order valence-electron chi connectivity index (χ2n) is 3.93. The van der Waals surface area contributed by atoms with E-state index in [1.54, 1.807) is 0 Å². The number of halogens is 4. The molecule has 110 valence electrons. The summed E-state index contributed by atoms with van der Waals surface area (Å²) in [7, 11) is 0. The molecule has 0 aromatic heterocycles. The molecule has 0 aliphatic carbocycles. The van der Waals surface area contributed by atoms with Crippen LogP contribution in [-0.2, 0) is 0 Å². The monoisotopic (exact) mass is 299 g/mol. The number of ether oxygens (including phenoxy) is 1. The summed E-state index contributed by atoms with van der Waals surface area (Å²) in [6, 6.07) is 8.20. The maximum atomic E-state index is 13.4. The Bertz CT molecular complexity index is 641. The predicted molar refractivity (Wildman–Crippen MR) is 67.4 cm³/mol. The van der Waals surface area contributed by atoms with Gasteiger partial charge in [0.1, 0.15) is 23.1 Å². The van der Waals surface area contributed by atoms with Gasteiger partial charge >= 0.3 is 6.61 Å². The Morgan fingerprint density at radius 1 is 1.00 bits per heavy atom. The number of amides is 1. The van der Waals surface area contributed by atoms with E-state index < -0.39 is 29.8 Å². The molecule has 1 N–H and O–H groups in total. The molecule has 21 heavy (non-hydrogen) atoms. The second-order valence-corrected chi connectivity index (χ2v) is 3.93. The fraction of sp³-hybridized carbons (Fsp3) is 0.0714. The number of carbonyl (C=O) groups excluding carboxylic acids is 1. The number of alkyl halides is 2. The lowest BCUT2D eigenvalue weighted by atomic mass is 10.2. The van der Waals surface area contributed by atoms with E-state index in [4.69, 9.17) is 0 Å². The summed E-state index contributed by atoms with van der Waals surface area (Å²) in [4.78, 5) is 12.0. The third-order valence-electron chi connectivity index (χ3n) is 2.55. The van der Waals surface area contributed by atoms with Gasteiger partial charge in [0.15, 0.2) is 0 Å². The van der Waals surface area contributed by atoms with Gasteiger partial charge in [-0.3, -0.25) is 4.79 Å². The van der Waals surface area contributed by atoms with Crippen molar-refractivity contribution in [3.63, 3.8) is 0 Å². The first-order chi connectivity index (χ1) is 9.99. The number of hydrogen-bond acceptors (Lipinski definition) is 2. The molecule has 0 aliphatic heterocycles. The maximum Gasteiger partial charge on any atom is 0.387 e. The SMILES string of the molecule is O=C(Nc1c(F)cccc1F)c1ccccc1OC(F)F. The van der Waals surface area contributed by atoms with Gasteiger partial charge in [0.05, 0.1) is 5.56 Å². The molecular weight excluding hydrogens is 290 g/mol. The highest BCUT2D eigenvalue weighted by Gasteiger charge is 2.18. The average Bonchev–Trinajstić information content (AvgIpc) is 2.43. The van der Waals surface area contributed by atoms with Gasteiger partial charge in [0.25, 0.3) is 5.91 Å². The number of hydrogen-bond donors (Lipinski definition) is 1. The lowest BCUT2D eigenvalue weighted by Crippen LogP contribution is -2.16. The minimum absolute atomic E-state index is 0.263. The lowest BCUT2D eigenvalue weighted by Gasteiger charge is -2.11. The van der Waals surface area contributed by atoms with Gasteiger partial charge in [-0.05, 0) is 24.3 Å². The van der Waals surface area contributed by atoms with Gasteiger partial charge in [-0.25, -0.2) is 8.78 Å². The lowest BCUT2D eigenvalue weighted by molar-refractivity contribution is -0.0501. The fourth-order valence-electron chi connectivity index (χ4n) is 1.65. The van der Waals surface area contributed by atoms with Gasteiger partial charge in [0.2, 0.25) is 0 Å². The maximum absolute atomic E-state index is 13.4. The molecule has 0 radical (unpaired) electrons. The Morgan fingerprint density at radius 2 is 1.62 bits per heavy atom. The van der Waals surface area contributed by atoms with E-state index >= 15 is 0 Å². The molecule has 2 aromatic carbocycles.